The number of nitrogens with zero attached hydrogens (tertiary/aromatic N) is 6. The summed E-state index contributed by atoms with van der Waals surface area (Å²) in [5, 5.41) is 4.03. The summed E-state index contributed by atoms with van der Waals surface area (Å²) in [4.78, 5) is 21.8. The summed E-state index contributed by atoms with van der Waals surface area (Å²) < 4.78 is 56.3. The third-order valence-corrected chi connectivity index (χ3v) is 6.87. The maximum Gasteiger partial charge on any atom is 0.417 e. The number of fused-ring (bicyclic) bond motifs is 3. The average molecular weight is 534 g/mol. The van der Waals surface area contributed by atoms with Crippen LogP contribution in [0.5, 0.6) is 0 Å². The van der Waals surface area contributed by atoms with Gasteiger partial charge in [0.15, 0.2) is 0 Å². The van der Waals surface area contributed by atoms with Crippen LogP contribution in [-0.4, -0.2) is 58.1 Å². The summed E-state index contributed by atoms with van der Waals surface area (Å²) in [5.41, 5.74) is 1.08. The second-order valence-corrected chi connectivity index (χ2v) is 9.43. The maximum atomic E-state index is 15.0. The van der Waals surface area contributed by atoms with Crippen LogP contribution in [0.4, 0.5) is 34.9 Å². The molecule has 0 radical (unpaired) electrons. The molecule has 1 N–H and O–H groups in total. The highest BCUT2D eigenvalue weighted by Crippen LogP contribution is 2.39. The topological polar surface area (TPSA) is 70.1 Å². The second kappa shape index (κ2) is 9.73. The van der Waals surface area contributed by atoms with E-state index in [-0.39, 0.29) is 23.0 Å². The maximum absolute atomic E-state index is 15.0. The summed E-state index contributed by atoms with van der Waals surface area (Å²) in [6.07, 6.45) is -0.0707. The van der Waals surface area contributed by atoms with E-state index in [1.54, 1.807) is 30.5 Å². The number of rotatable bonds is 4. The zero-order chi connectivity index (χ0) is 27.1. The molecule has 1 aliphatic rings. The molecule has 1 fully saturated rings. The van der Waals surface area contributed by atoms with Crippen LogP contribution in [0.3, 0.4) is 0 Å². The van der Waals surface area contributed by atoms with Gasteiger partial charge in [-0.15, -0.1) is 0 Å². The molecule has 39 heavy (non-hydrogen) atoms. The summed E-state index contributed by atoms with van der Waals surface area (Å²) in [6, 6.07) is 11.8. The van der Waals surface area contributed by atoms with E-state index in [1.807, 2.05) is 11.9 Å². The summed E-state index contributed by atoms with van der Waals surface area (Å²) in [7, 11) is 2.04. The SMILES string of the molecule is CN1CCN(c2ccc(Nc3ncc4nc(-c5ccccc5C(F)(F)F)c5ccncc5c4n3)cc2F)CC1. The first kappa shape index (κ1) is 24.9. The number of anilines is 3. The third-order valence-electron chi connectivity index (χ3n) is 6.87. The molecule has 1 aliphatic heterocycles. The molecule has 198 valence electrons. The van der Waals surface area contributed by atoms with E-state index >= 15 is 0 Å². The van der Waals surface area contributed by atoms with Crippen molar-refractivity contribution in [3.8, 4) is 11.3 Å². The minimum absolute atomic E-state index is 0.0405. The lowest BCUT2D eigenvalue weighted by atomic mass is 9.99. The van der Waals surface area contributed by atoms with E-state index in [4.69, 9.17) is 0 Å². The summed E-state index contributed by atoms with van der Waals surface area (Å²) >= 11 is 0. The summed E-state index contributed by atoms with van der Waals surface area (Å²) in [5.74, 6) is -0.153. The first-order valence-electron chi connectivity index (χ1n) is 12.3. The Hall–Kier alpha value is -4.38. The average Bonchev–Trinajstić information content (AvgIpc) is 2.93. The highest BCUT2D eigenvalue weighted by molar-refractivity contribution is 6.09. The Morgan fingerprint density at radius 1 is 0.897 bits per heavy atom. The molecular formula is C28H23F4N7. The van der Waals surface area contributed by atoms with Crippen LogP contribution in [0, 0.1) is 5.82 Å². The van der Waals surface area contributed by atoms with E-state index in [1.165, 1.54) is 30.6 Å². The molecule has 3 aromatic heterocycles. The third kappa shape index (κ3) is 4.81. The number of alkyl halides is 3. The van der Waals surface area contributed by atoms with Gasteiger partial charge < -0.3 is 15.1 Å². The molecule has 0 aliphatic carbocycles. The first-order valence-corrected chi connectivity index (χ1v) is 12.3. The van der Waals surface area contributed by atoms with Crippen LogP contribution in [-0.2, 0) is 6.18 Å². The number of benzene rings is 2. The second-order valence-electron chi connectivity index (χ2n) is 9.43. The van der Waals surface area contributed by atoms with Crippen LogP contribution in [0.1, 0.15) is 5.56 Å². The van der Waals surface area contributed by atoms with Gasteiger partial charge >= 0.3 is 6.18 Å². The van der Waals surface area contributed by atoms with Crippen molar-refractivity contribution in [2.75, 3.05) is 43.4 Å². The van der Waals surface area contributed by atoms with Crippen molar-refractivity contribution < 1.29 is 17.6 Å². The van der Waals surface area contributed by atoms with Crippen LogP contribution in [0.25, 0.3) is 33.1 Å². The molecule has 0 unspecified atom stereocenters. The Morgan fingerprint density at radius 3 is 2.46 bits per heavy atom. The predicted octanol–water partition coefficient (Wildman–Crippen LogP) is 5.89. The summed E-state index contributed by atoms with van der Waals surface area (Å²) in [6.45, 7) is 3.23. The van der Waals surface area contributed by atoms with Crippen molar-refractivity contribution in [3.63, 3.8) is 0 Å². The molecule has 5 aromatic rings. The van der Waals surface area contributed by atoms with Crippen LogP contribution in [0.15, 0.2) is 67.1 Å². The van der Waals surface area contributed by atoms with Gasteiger partial charge in [0.1, 0.15) is 16.9 Å². The van der Waals surface area contributed by atoms with E-state index in [0.29, 0.717) is 33.2 Å². The van der Waals surface area contributed by atoms with Crippen molar-refractivity contribution in [2.45, 2.75) is 6.18 Å². The van der Waals surface area contributed by atoms with Crippen LogP contribution in [0.2, 0.25) is 0 Å². The first-order chi connectivity index (χ1) is 18.8. The van der Waals surface area contributed by atoms with Gasteiger partial charge in [0.2, 0.25) is 5.95 Å². The molecule has 7 nitrogen and oxygen atoms in total. The van der Waals surface area contributed by atoms with Crippen molar-refractivity contribution in [2.24, 2.45) is 0 Å². The van der Waals surface area contributed by atoms with E-state index in [0.717, 1.165) is 32.2 Å². The molecule has 0 spiro atoms. The number of likely N-dealkylation sites (N-methyl/N-ethyl adjacent to an activating group) is 1. The number of nitrogens with one attached hydrogen (secondary N) is 1. The quantitative estimate of drug-likeness (QED) is 0.228. The number of piperazine rings is 1. The van der Waals surface area contributed by atoms with Crippen molar-refractivity contribution in [1.29, 1.82) is 0 Å². The Labute approximate surface area is 221 Å². The standard InChI is InChI=1S/C28H23F4N7/c1-38-10-12-39(13-11-38)24-7-6-17(14-22(24)29)35-27-34-16-23-26(37-27)20-15-33-9-8-18(20)25(36-23)19-4-2-3-5-21(19)28(30,31)32/h2-9,14-16H,10-13H2,1H3,(H,34,35,37). The van der Waals surface area contributed by atoms with Gasteiger partial charge in [0.05, 0.1) is 23.1 Å². The van der Waals surface area contributed by atoms with Crippen molar-refractivity contribution >= 4 is 39.1 Å². The number of hydrogen-bond acceptors (Lipinski definition) is 7. The number of halogens is 4. The lowest BCUT2D eigenvalue weighted by Crippen LogP contribution is -2.44. The zero-order valence-corrected chi connectivity index (χ0v) is 20.9. The van der Waals surface area contributed by atoms with E-state index in [9.17, 15) is 17.6 Å². The molecule has 4 heterocycles. The fourth-order valence-electron chi connectivity index (χ4n) is 4.85. The predicted molar refractivity (Wildman–Crippen MR) is 142 cm³/mol. The van der Waals surface area contributed by atoms with Gasteiger partial charge in [-0.1, -0.05) is 18.2 Å². The molecule has 0 amide bonds. The normalized spacial score (nSPS) is 14.7. The molecule has 6 rings (SSSR count). The number of pyridine rings is 2. The fraction of sp³-hybridized carbons (Fsp3) is 0.214. The van der Waals surface area contributed by atoms with Crippen molar-refractivity contribution in [1.82, 2.24) is 24.8 Å². The molecule has 2 aromatic carbocycles. The monoisotopic (exact) mass is 533 g/mol. The molecular weight excluding hydrogens is 510 g/mol. The number of hydrogen-bond donors (Lipinski definition) is 1. The Morgan fingerprint density at radius 2 is 1.69 bits per heavy atom. The Bertz CT molecular complexity index is 1680. The minimum atomic E-state index is -4.55. The largest absolute Gasteiger partial charge is 0.417 e. The Balaban J connectivity index is 1.37. The van der Waals surface area contributed by atoms with Gasteiger partial charge in [-0.25, -0.2) is 19.3 Å². The van der Waals surface area contributed by atoms with Gasteiger partial charge in [-0.2, -0.15) is 13.2 Å². The minimum Gasteiger partial charge on any atom is -0.367 e. The number of aromatic nitrogens is 4. The molecule has 0 bridgehead atoms. The molecule has 0 atom stereocenters. The molecule has 0 saturated carbocycles. The highest BCUT2D eigenvalue weighted by Gasteiger charge is 2.34. The van der Waals surface area contributed by atoms with E-state index < -0.39 is 11.7 Å². The lowest BCUT2D eigenvalue weighted by molar-refractivity contribution is -0.137. The van der Waals surface area contributed by atoms with Gasteiger partial charge in [-0.3, -0.25) is 4.98 Å². The van der Waals surface area contributed by atoms with Crippen molar-refractivity contribution in [3.05, 3.63) is 78.5 Å². The lowest BCUT2D eigenvalue weighted by Gasteiger charge is -2.34. The molecule has 11 heteroatoms. The highest BCUT2D eigenvalue weighted by atomic mass is 19.4. The fourth-order valence-corrected chi connectivity index (χ4v) is 4.85. The van der Waals surface area contributed by atoms with Gasteiger partial charge in [0.25, 0.3) is 0 Å². The van der Waals surface area contributed by atoms with Crippen LogP contribution >= 0.6 is 0 Å². The van der Waals surface area contributed by atoms with Gasteiger partial charge in [0, 0.05) is 60.6 Å². The van der Waals surface area contributed by atoms with Crippen LogP contribution < -0.4 is 10.2 Å². The molecule has 1 saturated heterocycles. The van der Waals surface area contributed by atoms with Gasteiger partial charge in [-0.05, 0) is 37.4 Å². The van der Waals surface area contributed by atoms with E-state index in [2.05, 4.69) is 30.2 Å². The Kier molecular flexibility index (Phi) is 6.22. The smallest absolute Gasteiger partial charge is 0.367 e. The zero-order valence-electron chi connectivity index (χ0n) is 20.9.